The van der Waals surface area contributed by atoms with Gasteiger partial charge in [0.2, 0.25) is 5.91 Å². The summed E-state index contributed by atoms with van der Waals surface area (Å²) in [6, 6.07) is 5.08. The summed E-state index contributed by atoms with van der Waals surface area (Å²) in [5.41, 5.74) is 6.15. The molecule has 6 nitrogen and oxygen atoms in total. The molecule has 0 heterocycles. The number of carbonyl (C=O) groups excluding carboxylic acids is 2. The number of amides is 2. The van der Waals surface area contributed by atoms with E-state index in [9.17, 15) is 36.6 Å². The van der Waals surface area contributed by atoms with E-state index in [0.717, 1.165) is 5.32 Å². The van der Waals surface area contributed by atoms with Gasteiger partial charge in [0, 0.05) is 0 Å². The predicted octanol–water partition coefficient (Wildman–Crippen LogP) is 1.50. The number of nitrogens with one attached hydrogen (secondary N) is 2. The van der Waals surface area contributed by atoms with Gasteiger partial charge >= 0.3 is 12.1 Å². The minimum Gasteiger partial charge on any atom is -0.384 e. The van der Waals surface area contributed by atoms with Crippen molar-refractivity contribution >= 4 is 11.8 Å². The van der Waals surface area contributed by atoms with Gasteiger partial charge in [-0.3, -0.25) is 9.59 Å². The van der Waals surface area contributed by atoms with Crippen molar-refractivity contribution in [2.24, 2.45) is 11.7 Å². The highest BCUT2D eigenvalue weighted by molar-refractivity contribution is 5.85. The van der Waals surface area contributed by atoms with E-state index in [4.69, 9.17) is 5.73 Å². The molecule has 11 heteroatoms. The number of hydrogen-bond donors (Lipinski definition) is 4. The average molecular weight is 411 g/mol. The van der Waals surface area contributed by atoms with Gasteiger partial charge in [0.05, 0.1) is 6.04 Å². The standard InChI is InChI=1S/C17H22F5N3O3/c1-9(2)12(25-14(27)11(23)10-6-4-3-5-7-10)13(26)17(21,22)15(28)24-8-16(18,19)20/h3-7,9,11-13,26H,8,23H2,1-2H3,(H,24,28)(H,25,27)/t11-,12-,13?/m0/s1. The van der Waals surface area contributed by atoms with Gasteiger partial charge in [0.25, 0.3) is 5.91 Å². The van der Waals surface area contributed by atoms with Crippen LogP contribution in [0.2, 0.25) is 0 Å². The van der Waals surface area contributed by atoms with Crippen LogP contribution < -0.4 is 16.4 Å². The van der Waals surface area contributed by atoms with Crippen molar-refractivity contribution in [3.05, 3.63) is 35.9 Å². The van der Waals surface area contributed by atoms with E-state index in [-0.39, 0.29) is 0 Å². The molecule has 1 aromatic carbocycles. The molecule has 0 saturated heterocycles. The molecule has 0 fully saturated rings. The van der Waals surface area contributed by atoms with Crippen molar-refractivity contribution in [1.29, 1.82) is 0 Å². The number of rotatable bonds is 8. The molecule has 1 aromatic rings. The normalized spacial score (nSPS) is 15.6. The zero-order valence-electron chi connectivity index (χ0n) is 15.1. The highest BCUT2D eigenvalue weighted by atomic mass is 19.4. The molecular formula is C17H22F5N3O3. The lowest BCUT2D eigenvalue weighted by molar-refractivity contribution is -0.174. The van der Waals surface area contributed by atoms with E-state index in [1.54, 1.807) is 18.2 Å². The maximum atomic E-state index is 14.2. The van der Waals surface area contributed by atoms with Gasteiger partial charge in [-0.05, 0) is 11.5 Å². The van der Waals surface area contributed by atoms with Crippen LogP contribution >= 0.6 is 0 Å². The lowest BCUT2D eigenvalue weighted by Gasteiger charge is -2.32. The molecule has 0 saturated carbocycles. The van der Waals surface area contributed by atoms with Crippen LogP contribution in [0.4, 0.5) is 22.0 Å². The van der Waals surface area contributed by atoms with Gasteiger partial charge in [-0.2, -0.15) is 22.0 Å². The highest BCUT2D eigenvalue weighted by Crippen LogP contribution is 2.26. The summed E-state index contributed by atoms with van der Waals surface area (Å²) >= 11 is 0. The van der Waals surface area contributed by atoms with Crippen molar-refractivity contribution in [3.63, 3.8) is 0 Å². The van der Waals surface area contributed by atoms with Crippen LogP contribution in [0.3, 0.4) is 0 Å². The Hall–Kier alpha value is -2.27. The van der Waals surface area contributed by atoms with E-state index in [1.807, 2.05) is 0 Å². The highest BCUT2D eigenvalue weighted by Gasteiger charge is 2.51. The molecule has 5 N–H and O–H groups in total. The quantitative estimate of drug-likeness (QED) is 0.487. The molecule has 0 aliphatic heterocycles. The minimum absolute atomic E-state index is 0.381. The van der Waals surface area contributed by atoms with Crippen LogP contribution in [0.15, 0.2) is 30.3 Å². The van der Waals surface area contributed by atoms with Gasteiger partial charge in [-0.25, -0.2) is 0 Å². The lowest BCUT2D eigenvalue weighted by Crippen LogP contribution is -2.60. The molecule has 1 unspecified atom stereocenters. The first-order chi connectivity index (χ1) is 12.8. The van der Waals surface area contributed by atoms with Crippen molar-refractivity contribution < 1.29 is 36.6 Å². The number of benzene rings is 1. The van der Waals surface area contributed by atoms with Crippen LogP contribution in [0.25, 0.3) is 0 Å². The first-order valence-electron chi connectivity index (χ1n) is 8.29. The molecule has 28 heavy (non-hydrogen) atoms. The molecule has 1 rings (SSSR count). The molecule has 0 aromatic heterocycles. The molecular weight excluding hydrogens is 389 g/mol. The molecule has 2 amide bonds. The Labute approximate surface area is 158 Å². The molecule has 3 atom stereocenters. The van der Waals surface area contributed by atoms with Gasteiger partial charge in [0.1, 0.15) is 18.7 Å². The zero-order chi connectivity index (χ0) is 21.7. The van der Waals surface area contributed by atoms with Crippen LogP contribution in [0, 0.1) is 5.92 Å². The fourth-order valence-corrected chi connectivity index (χ4v) is 2.33. The fourth-order valence-electron chi connectivity index (χ4n) is 2.33. The summed E-state index contributed by atoms with van der Waals surface area (Å²) in [5, 5.41) is 13.1. The van der Waals surface area contributed by atoms with E-state index in [2.05, 4.69) is 5.32 Å². The summed E-state index contributed by atoms with van der Waals surface area (Å²) in [5.74, 6) is -8.56. The number of alkyl halides is 5. The monoisotopic (exact) mass is 411 g/mol. The maximum absolute atomic E-state index is 14.2. The molecule has 0 aliphatic carbocycles. The number of carbonyl (C=O) groups is 2. The number of aliphatic hydroxyl groups is 1. The van der Waals surface area contributed by atoms with Crippen molar-refractivity contribution in [2.45, 2.75) is 44.1 Å². The van der Waals surface area contributed by atoms with Gasteiger partial charge in [0.15, 0.2) is 0 Å². The molecule has 158 valence electrons. The SMILES string of the molecule is CC(C)[C@H](NC(=O)[C@@H](N)c1ccccc1)C(O)C(F)(F)C(=O)NCC(F)(F)F. The third kappa shape index (κ3) is 6.41. The van der Waals surface area contributed by atoms with Crippen LogP contribution in [-0.4, -0.2) is 47.7 Å². The number of aliphatic hydroxyl groups excluding tert-OH is 1. The second-order valence-corrected chi connectivity index (χ2v) is 6.53. The third-order valence-corrected chi connectivity index (χ3v) is 3.93. The first-order valence-corrected chi connectivity index (χ1v) is 8.29. The lowest BCUT2D eigenvalue weighted by atomic mass is 9.93. The van der Waals surface area contributed by atoms with Crippen molar-refractivity contribution in [3.8, 4) is 0 Å². The third-order valence-electron chi connectivity index (χ3n) is 3.93. The predicted molar refractivity (Wildman–Crippen MR) is 90.2 cm³/mol. The van der Waals surface area contributed by atoms with Crippen molar-refractivity contribution in [2.75, 3.05) is 6.54 Å². The van der Waals surface area contributed by atoms with Crippen LogP contribution in [0.5, 0.6) is 0 Å². The Morgan fingerprint density at radius 1 is 1.11 bits per heavy atom. The molecule has 0 radical (unpaired) electrons. The van der Waals surface area contributed by atoms with Gasteiger partial charge in [-0.1, -0.05) is 44.2 Å². The summed E-state index contributed by atoms with van der Waals surface area (Å²) < 4.78 is 64.7. The number of nitrogens with two attached hydrogens (primary N) is 1. The minimum atomic E-state index is -4.90. The molecule has 0 bridgehead atoms. The smallest absolute Gasteiger partial charge is 0.384 e. The first kappa shape index (κ1) is 23.8. The van der Waals surface area contributed by atoms with E-state index in [1.165, 1.54) is 26.0 Å². The summed E-state index contributed by atoms with van der Waals surface area (Å²) in [6.07, 6.45) is -7.67. The Kier molecular flexibility index (Phi) is 7.88. The maximum Gasteiger partial charge on any atom is 0.405 e. The number of halogens is 5. The van der Waals surface area contributed by atoms with E-state index < -0.39 is 54.6 Å². The second kappa shape index (κ2) is 9.28. The summed E-state index contributed by atoms with van der Waals surface area (Å²) in [7, 11) is 0. The van der Waals surface area contributed by atoms with Crippen molar-refractivity contribution in [1.82, 2.24) is 10.6 Å². The fraction of sp³-hybridized carbons (Fsp3) is 0.529. The zero-order valence-corrected chi connectivity index (χ0v) is 15.1. The van der Waals surface area contributed by atoms with Gasteiger partial charge < -0.3 is 21.5 Å². The Morgan fingerprint density at radius 2 is 1.64 bits per heavy atom. The Bertz CT molecular complexity index is 668. The largest absolute Gasteiger partial charge is 0.405 e. The molecule has 0 spiro atoms. The number of hydrogen-bond acceptors (Lipinski definition) is 4. The van der Waals surface area contributed by atoms with E-state index >= 15 is 0 Å². The second-order valence-electron chi connectivity index (χ2n) is 6.53. The average Bonchev–Trinajstić information content (AvgIpc) is 2.62. The van der Waals surface area contributed by atoms with E-state index in [0.29, 0.717) is 5.56 Å². The summed E-state index contributed by atoms with van der Waals surface area (Å²) in [6.45, 7) is 0.781. The Balaban J connectivity index is 2.91. The Morgan fingerprint density at radius 3 is 2.11 bits per heavy atom. The van der Waals surface area contributed by atoms with Crippen LogP contribution in [-0.2, 0) is 9.59 Å². The van der Waals surface area contributed by atoms with Crippen LogP contribution in [0.1, 0.15) is 25.5 Å². The molecule has 0 aliphatic rings. The van der Waals surface area contributed by atoms with Gasteiger partial charge in [-0.15, -0.1) is 0 Å². The summed E-state index contributed by atoms with van der Waals surface area (Å²) in [4.78, 5) is 23.7. The topological polar surface area (TPSA) is 104 Å².